The van der Waals surface area contributed by atoms with Gasteiger partial charge in [0.1, 0.15) is 0 Å². The minimum absolute atomic E-state index is 0.0456. The quantitative estimate of drug-likeness (QED) is 0.798. The van der Waals surface area contributed by atoms with Crippen LogP contribution in [0.25, 0.3) is 0 Å². The van der Waals surface area contributed by atoms with Crippen molar-refractivity contribution in [3.05, 3.63) is 23.8 Å². The molecule has 0 radical (unpaired) electrons. The number of nitrogens with zero attached hydrogens (tertiary/aromatic N) is 2. The molecule has 21 heavy (non-hydrogen) atoms. The third-order valence-corrected chi connectivity index (χ3v) is 5.18. The van der Waals surface area contributed by atoms with E-state index >= 15 is 0 Å². The summed E-state index contributed by atoms with van der Waals surface area (Å²) in [6, 6.07) is 3.21. The Morgan fingerprint density at radius 1 is 1.24 bits per heavy atom. The molecule has 0 aromatic heterocycles. The number of benzene rings is 1. The molecule has 2 aliphatic heterocycles. The Labute approximate surface area is 121 Å². The van der Waals surface area contributed by atoms with Crippen LogP contribution in [0.5, 0.6) is 0 Å². The molecule has 0 saturated carbocycles. The van der Waals surface area contributed by atoms with E-state index in [1.165, 1.54) is 10.4 Å². The lowest BCUT2D eigenvalue weighted by Gasteiger charge is -2.40. The molecule has 3 rings (SSSR count). The number of sulfonamides is 1. The Kier molecular flexibility index (Phi) is 3.12. The van der Waals surface area contributed by atoms with E-state index in [0.717, 1.165) is 31.2 Å². The van der Waals surface area contributed by atoms with Gasteiger partial charge in [0.2, 0.25) is 10.0 Å². The van der Waals surface area contributed by atoms with Gasteiger partial charge in [-0.15, -0.1) is 0 Å². The van der Waals surface area contributed by atoms with E-state index in [9.17, 15) is 21.6 Å². The number of hydrogen-bond acceptors (Lipinski definition) is 3. The first-order valence-corrected chi connectivity index (χ1v) is 8.48. The number of alkyl halides is 3. The smallest absolute Gasteiger partial charge is 0.365 e. The SMILES string of the molecule is CS(=O)(=O)N1C[C@H]2CCCN2c2cc(C(F)(F)F)ccc21. The normalized spacial score (nSPS) is 22.2. The van der Waals surface area contributed by atoms with E-state index in [1.54, 1.807) is 0 Å². The topological polar surface area (TPSA) is 40.6 Å². The number of rotatable bonds is 1. The molecule has 0 N–H and O–H groups in total. The second-order valence-electron chi connectivity index (χ2n) is 5.48. The van der Waals surface area contributed by atoms with Crippen LogP contribution in [0.3, 0.4) is 0 Å². The van der Waals surface area contributed by atoms with Crippen molar-refractivity contribution in [2.45, 2.75) is 25.1 Å². The van der Waals surface area contributed by atoms with Crippen LogP contribution < -0.4 is 9.21 Å². The first-order valence-electron chi connectivity index (χ1n) is 6.63. The Bertz CT molecular complexity index is 672. The molecule has 2 aliphatic rings. The third-order valence-electron chi connectivity index (χ3n) is 4.03. The molecule has 1 aromatic carbocycles. The summed E-state index contributed by atoms with van der Waals surface area (Å²) in [6.07, 6.45) is -1.70. The highest BCUT2D eigenvalue weighted by Gasteiger charge is 2.39. The first-order chi connectivity index (χ1) is 9.68. The van der Waals surface area contributed by atoms with Crippen molar-refractivity contribution in [1.29, 1.82) is 0 Å². The van der Waals surface area contributed by atoms with Gasteiger partial charge in [0.15, 0.2) is 0 Å². The van der Waals surface area contributed by atoms with E-state index in [0.29, 0.717) is 24.5 Å². The van der Waals surface area contributed by atoms with Crippen molar-refractivity contribution >= 4 is 21.4 Å². The zero-order chi connectivity index (χ0) is 15.4. The molecular weight excluding hydrogens is 305 g/mol. The summed E-state index contributed by atoms with van der Waals surface area (Å²) in [7, 11) is -3.50. The van der Waals surface area contributed by atoms with Crippen molar-refractivity contribution in [2.75, 3.05) is 28.6 Å². The summed E-state index contributed by atoms with van der Waals surface area (Å²) in [5.74, 6) is 0. The maximum atomic E-state index is 12.9. The summed E-state index contributed by atoms with van der Waals surface area (Å²) in [6.45, 7) is 0.966. The fraction of sp³-hybridized carbons (Fsp3) is 0.538. The van der Waals surface area contributed by atoms with Gasteiger partial charge >= 0.3 is 6.18 Å². The number of anilines is 2. The second kappa shape index (κ2) is 4.53. The summed E-state index contributed by atoms with van der Waals surface area (Å²) in [5.41, 5.74) is -0.0464. The maximum Gasteiger partial charge on any atom is 0.416 e. The predicted octanol–water partition coefficient (Wildman–Crippen LogP) is 2.45. The molecule has 0 spiro atoms. The molecule has 1 saturated heterocycles. The Balaban J connectivity index is 2.15. The zero-order valence-corrected chi connectivity index (χ0v) is 12.2. The molecule has 8 heteroatoms. The van der Waals surface area contributed by atoms with Crippen LogP contribution in [0.15, 0.2) is 18.2 Å². The highest BCUT2D eigenvalue weighted by molar-refractivity contribution is 7.92. The van der Waals surface area contributed by atoms with Crippen LogP contribution >= 0.6 is 0 Å². The summed E-state index contributed by atoms with van der Waals surface area (Å²) in [4.78, 5) is 1.90. The summed E-state index contributed by atoms with van der Waals surface area (Å²) in [5, 5.41) is 0. The first kappa shape index (κ1) is 14.5. The van der Waals surface area contributed by atoms with Gasteiger partial charge in [0, 0.05) is 12.6 Å². The van der Waals surface area contributed by atoms with E-state index in [1.807, 2.05) is 4.90 Å². The van der Waals surface area contributed by atoms with Crippen LogP contribution in [0, 0.1) is 0 Å². The lowest BCUT2D eigenvalue weighted by atomic mass is 10.1. The standard InChI is InChI=1S/C13H15F3N2O2S/c1-21(19,20)18-8-10-3-2-6-17(10)12-7-9(13(14,15)16)4-5-11(12)18/h4-5,7,10H,2-3,6,8H2,1H3/t10-/m1/s1. The van der Waals surface area contributed by atoms with Gasteiger partial charge in [-0.25, -0.2) is 8.42 Å². The highest BCUT2D eigenvalue weighted by atomic mass is 32.2. The van der Waals surface area contributed by atoms with Crippen molar-refractivity contribution in [1.82, 2.24) is 0 Å². The van der Waals surface area contributed by atoms with Gasteiger partial charge < -0.3 is 4.90 Å². The van der Waals surface area contributed by atoms with E-state index < -0.39 is 21.8 Å². The van der Waals surface area contributed by atoms with E-state index in [4.69, 9.17) is 0 Å². The Morgan fingerprint density at radius 2 is 1.95 bits per heavy atom. The van der Waals surface area contributed by atoms with Crippen molar-refractivity contribution in [3.63, 3.8) is 0 Å². The van der Waals surface area contributed by atoms with Crippen LogP contribution in [0.4, 0.5) is 24.5 Å². The average molecular weight is 320 g/mol. The monoisotopic (exact) mass is 320 g/mol. The maximum absolute atomic E-state index is 12.9. The Hall–Kier alpha value is -1.44. The van der Waals surface area contributed by atoms with Crippen LogP contribution in [-0.2, 0) is 16.2 Å². The number of fused-ring (bicyclic) bond motifs is 3. The number of hydrogen-bond donors (Lipinski definition) is 0. The van der Waals surface area contributed by atoms with Crippen LogP contribution in [0.1, 0.15) is 18.4 Å². The molecule has 4 nitrogen and oxygen atoms in total. The molecule has 0 unspecified atom stereocenters. The largest absolute Gasteiger partial charge is 0.416 e. The Morgan fingerprint density at radius 3 is 2.57 bits per heavy atom. The molecule has 0 aliphatic carbocycles. The van der Waals surface area contributed by atoms with Gasteiger partial charge in [0.05, 0.1) is 29.7 Å². The third kappa shape index (κ3) is 2.45. The van der Waals surface area contributed by atoms with Gasteiger partial charge in [-0.2, -0.15) is 13.2 Å². The van der Waals surface area contributed by atoms with Gasteiger partial charge in [-0.05, 0) is 31.0 Å². The molecule has 1 aromatic rings. The van der Waals surface area contributed by atoms with Crippen LogP contribution in [-0.4, -0.2) is 33.8 Å². The zero-order valence-electron chi connectivity index (χ0n) is 11.4. The van der Waals surface area contributed by atoms with Crippen LogP contribution in [0.2, 0.25) is 0 Å². The minimum Gasteiger partial charge on any atom is -0.365 e. The molecular formula is C13H15F3N2O2S. The fourth-order valence-electron chi connectivity index (χ4n) is 3.09. The summed E-state index contributed by atoms with van der Waals surface area (Å²) < 4.78 is 63.7. The van der Waals surface area contributed by atoms with Crippen molar-refractivity contribution in [2.24, 2.45) is 0 Å². The summed E-state index contributed by atoms with van der Waals surface area (Å²) >= 11 is 0. The predicted molar refractivity (Wildman–Crippen MR) is 74.0 cm³/mol. The van der Waals surface area contributed by atoms with E-state index in [2.05, 4.69) is 0 Å². The van der Waals surface area contributed by atoms with Gasteiger partial charge in [-0.3, -0.25) is 4.31 Å². The fourth-order valence-corrected chi connectivity index (χ4v) is 4.04. The van der Waals surface area contributed by atoms with Gasteiger partial charge in [0.25, 0.3) is 0 Å². The molecule has 1 fully saturated rings. The van der Waals surface area contributed by atoms with Crippen molar-refractivity contribution < 1.29 is 21.6 Å². The van der Waals surface area contributed by atoms with Gasteiger partial charge in [-0.1, -0.05) is 0 Å². The average Bonchev–Trinajstić information content (AvgIpc) is 2.83. The lowest BCUT2D eigenvalue weighted by Crippen LogP contribution is -2.47. The molecule has 1 atom stereocenters. The number of halogens is 3. The minimum atomic E-state index is -4.43. The molecule has 0 bridgehead atoms. The highest BCUT2D eigenvalue weighted by Crippen LogP contribution is 2.43. The molecule has 2 heterocycles. The lowest BCUT2D eigenvalue weighted by molar-refractivity contribution is -0.137. The van der Waals surface area contributed by atoms with Crippen molar-refractivity contribution in [3.8, 4) is 0 Å². The molecule has 116 valence electrons. The second-order valence-corrected chi connectivity index (χ2v) is 7.39. The van der Waals surface area contributed by atoms with E-state index in [-0.39, 0.29) is 6.04 Å². The molecule has 0 amide bonds.